The lowest BCUT2D eigenvalue weighted by Gasteiger charge is -2.38. The number of nitrogens with zero attached hydrogens (tertiary/aromatic N) is 5. The number of ether oxygens (including phenoxy) is 2. The zero-order chi connectivity index (χ0) is 24.9. The van der Waals surface area contributed by atoms with E-state index in [1.54, 1.807) is 32.3 Å². The molecule has 0 saturated carbocycles. The van der Waals surface area contributed by atoms with Crippen molar-refractivity contribution >= 4 is 17.5 Å². The van der Waals surface area contributed by atoms with Crippen molar-refractivity contribution in [2.45, 2.75) is 24.9 Å². The summed E-state index contributed by atoms with van der Waals surface area (Å²) in [5, 5.41) is 10.3. The highest BCUT2D eigenvalue weighted by Gasteiger charge is 2.49. The van der Waals surface area contributed by atoms with Gasteiger partial charge in [0.1, 0.15) is 5.60 Å². The summed E-state index contributed by atoms with van der Waals surface area (Å²) in [4.78, 5) is 31.0. The average molecular weight is 488 g/mol. The lowest BCUT2D eigenvalue weighted by Crippen LogP contribution is -2.49. The second-order valence-corrected chi connectivity index (χ2v) is 10.2. The highest BCUT2D eigenvalue weighted by atomic mass is 16.5. The topological polar surface area (TPSA) is 101 Å². The first kappa shape index (κ1) is 23.0. The number of benzene rings is 1. The van der Waals surface area contributed by atoms with Gasteiger partial charge in [-0.3, -0.25) is 4.79 Å². The van der Waals surface area contributed by atoms with Crippen LogP contribution in [-0.2, 0) is 20.5 Å². The third kappa shape index (κ3) is 3.93. The zero-order valence-electron chi connectivity index (χ0n) is 20.5. The zero-order valence-corrected chi connectivity index (χ0v) is 20.5. The van der Waals surface area contributed by atoms with Gasteiger partial charge < -0.3 is 24.4 Å². The molecule has 1 spiro atoms. The molecule has 0 bridgehead atoms. The molecule has 0 aliphatic carbocycles. The van der Waals surface area contributed by atoms with Gasteiger partial charge in [-0.15, -0.1) is 0 Å². The molecule has 5 heterocycles. The van der Waals surface area contributed by atoms with E-state index in [0.29, 0.717) is 69.0 Å². The number of morpholine rings is 1. The lowest BCUT2D eigenvalue weighted by atomic mass is 9.80. The molecule has 2 saturated heterocycles. The maximum Gasteiger partial charge on any atom is 0.254 e. The second-order valence-electron chi connectivity index (χ2n) is 10.2. The summed E-state index contributed by atoms with van der Waals surface area (Å²) in [6, 6.07) is 11.5. The normalized spacial score (nSPS) is 18.8. The molecule has 1 N–H and O–H groups in total. The molecule has 1 amide bonds. The minimum atomic E-state index is -1.04. The molecule has 3 aliphatic heterocycles. The van der Waals surface area contributed by atoms with Gasteiger partial charge in [0.15, 0.2) is 0 Å². The van der Waals surface area contributed by atoms with E-state index < -0.39 is 5.60 Å². The van der Waals surface area contributed by atoms with Gasteiger partial charge >= 0.3 is 0 Å². The number of amides is 1. The molecule has 9 heteroatoms. The van der Waals surface area contributed by atoms with E-state index in [9.17, 15) is 9.90 Å². The second kappa shape index (κ2) is 8.62. The quantitative estimate of drug-likeness (QED) is 0.600. The number of carbonyl (C=O) groups excluding carboxylic acids is 1. The lowest BCUT2D eigenvalue weighted by molar-refractivity contribution is -0.0507. The average Bonchev–Trinajstić information content (AvgIpc) is 3.24. The van der Waals surface area contributed by atoms with Crippen molar-refractivity contribution in [1.82, 2.24) is 19.9 Å². The van der Waals surface area contributed by atoms with E-state index in [2.05, 4.69) is 25.9 Å². The van der Waals surface area contributed by atoms with Gasteiger partial charge in [-0.05, 0) is 43.7 Å². The van der Waals surface area contributed by atoms with E-state index in [1.165, 1.54) is 5.56 Å². The molecule has 186 valence electrons. The van der Waals surface area contributed by atoms with Gasteiger partial charge in [-0.25, -0.2) is 15.0 Å². The summed E-state index contributed by atoms with van der Waals surface area (Å²) in [6.45, 7) is 7.73. The first-order valence-electron chi connectivity index (χ1n) is 12.2. The number of fused-ring (bicyclic) bond motifs is 2. The Morgan fingerprint density at radius 1 is 1.06 bits per heavy atom. The molecule has 0 atom stereocenters. The fraction of sp³-hybridized carbons (Fsp3) is 0.407. The van der Waals surface area contributed by atoms with Crippen molar-refractivity contribution in [2.24, 2.45) is 0 Å². The van der Waals surface area contributed by atoms with Gasteiger partial charge in [0, 0.05) is 48.8 Å². The monoisotopic (exact) mass is 487 g/mol. The number of pyridine rings is 1. The molecule has 6 rings (SSSR count). The minimum absolute atomic E-state index is 0.0147. The summed E-state index contributed by atoms with van der Waals surface area (Å²) in [7, 11) is 0. The molecule has 3 aromatic rings. The van der Waals surface area contributed by atoms with E-state index in [4.69, 9.17) is 9.47 Å². The Labute approximate surface area is 209 Å². The van der Waals surface area contributed by atoms with Crippen LogP contribution in [0.5, 0.6) is 0 Å². The highest BCUT2D eigenvalue weighted by molar-refractivity contribution is 5.96. The van der Waals surface area contributed by atoms with Crippen LogP contribution in [0.2, 0.25) is 0 Å². The third-order valence-electron chi connectivity index (χ3n) is 7.17. The number of aromatic nitrogens is 3. The molecule has 3 aliphatic rings. The molecule has 0 radical (unpaired) electrons. The van der Waals surface area contributed by atoms with Crippen LogP contribution in [0, 0.1) is 0 Å². The van der Waals surface area contributed by atoms with Crippen molar-refractivity contribution in [2.75, 3.05) is 51.0 Å². The summed E-state index contributed by atoms with van der Waals surface area (Å²) in [5.41, 5.74) is 3.68. The summed E-state index contributed by atoms with van der Waals surface area (Å²) in [6.07, 6.45) is 3.51. The van der Waals surface area contributed by atoms with Crippen molar-refractivity contribution in [3.63, 3.8) is 0 Å². The smallest absolute Gasteiger partial charge is 0.254 e. The van der Waals surface area contributed by atoms with E-state index >= 15 is 0 Å². The van der Waals surface area contributed by atoms with Crippen LogP contribution in [0.3, 0.4) is 0 Å². The molecule has 36 heavy (non-hydrogen) atoms. The van der Waals surface area contributed by atoms with E-state index in [-0.39, 0.29) is 11.3 Å². The number of carbonyl (C=O) groups is 1. The number of rotatable bonds is 4. The predicted octanol–water partition coefficient (Wildman–Crippen LogP) is 2.66. The van der Waals surface area contributed by atoms with Gasteiger partial charge in [0.25, 0.3) is 5.91 Å². The van der Waals surface area contributed by atoms with Crippen LogP contribution in [0.4, 0.5) is 11.6 Å². The molecular formula is C27H29N5O4. The van der Waals surface area contributed by atoms with Crippen LogP contribution >= 0.6 is 0 Å². The minimum Gasteiger partial charge on any atom is -0.384 e. The van der Waals surface area contributed by atoms with Crippen LogP contribution in [-0.4, -0.2) is 76.9 Å². The van der Waals surface area contributed by atoms with Gasteiger partial charge in [0.05, 0.1) is 43.2 Å². The Kier molecular flexibility index (Phi) is 5.51. The number of hydrogen-bond acceptors (Lipinski definition) is 8. The molecule has 1 aromatic carbocycles. The number of anilines is 2. The fourth-order valence-electron chi connectivity index (χ4n) is 5.06. The Morgan fingerprint density at radius 2 is 1.81 bits per heavy atom. The van der Waals surface area contributed by atoms with Gasteiger partial charge in [0.2, 0.25) is 5.95 Å². The third-order valence-corrected chi connectivity index (χ3v) is 7.17. The first-order chi connectivity index (χ1) is 17.3. The Bertz CT molecular complexity index is 1290. The Hall–Kier alpha value is -3.40. The van der Waals surface area contributed by atoms with Crippen LogP contribution in [0.15, 0.2) is 48.8 Å². The van der Waals surface area contributed by atoms with Gasteiger partial charge in [-0.1, -0.05) is 12.1 Å². The number of hydrogen-bond donors (Lipinski definition) is 1. The van der Waals surface area contributed by atoms with Crippen molar-refractivity contribution in [3.05, 3.63) is 65.6 Å². The van der Waals surface area contributed by atoms with Crippen molar-refractivity contribution < 1.29 is 19.4 Å². The summed E-state index contributed by atoms with van der Waals surface area (Å²) < 4.78 is 11.0. The van der Waals surface area contributed by atoms with Gasteiger partial charge in [-0.2, -0.15) is 0 Å². The number of aliphatic hydroxyl groups is 1. The molecule has 2 aromatic heterocycles. The standard InChI is InChI=1S/C27H29N5O4/c1-26(2,34)23-5-3-4-21(30-23)19-13-28-25(29-14-19)32-15-27(16-36-17-27)20-7-6-18(12-22(20)32)24(33)31-8-10-35-11-9-31/h3-7,12-14,34H,8-11,15-17H2,1-2H3. The van der Waals surface area contributed by atoms with E-state index in [1.807, 2.05) is 29.2 Å². The van der Waals surface area contributed by atoms with Crippen LogP contribution < -0.4 is 4.90 Å². The summed E-state index contributed by atoms with van der Waals surface area (Å²) >= 11 is 0. The van der Waals surface area contributed by atoms with Crippen LogP contribution in [0.1, 0.15) is 35.5 Å². The maximum absolute atomic E-state index is 13.2. The van der Waals surface area contributed by atoms with Crippen LogP contribution in [0.25, 0.3) is 11.3 Å². The van der Waals surface area contributed by atoms with Crippen molar-refractivity contribution in [1.29, 1.82) is 0 Å². The maximum atomic E-state index is 13.2. The summed E-state index contributed by atoms with van der Waals surface area (Å²) in [5.74, 6) is 0.583. The molecule has 0 unspecified atom stereocenters. The van der Waals surface area contributed by atoms with Crippen molar-refractivity contribution in [3.8, 4) is 11.3 Å². The Morgan fingerprint density at radius 3 is 2.47 bits per heavy atom. The molecule has 2 fully saturated rings. The van der Waals surface area contributed by atoms with E-state index in [0.717, 1.165) is 11.3 Å². The highest BCUT2D eigenvalue weighted by Crippen LogP contribution is 2.48. The largest absolute Gasteiger partial charge is 0.384 e. The Balaban J connectivity index is 1.32. The fourth-order valence-corrected chi connectivity index (χ4v) is 5.06. The predicted molar refractivity (Wildman–Crippen MR) is 133 cm³/mol. The molecule has 9 nitrogen and oxygen atoms in total. The SMILES string of the molecule is CC(C)(O)c1cccc(-c2cnc(N3CC4(COC4)c4ccc(C(=O)N5CCOCC5)cc43)nc2)n1. The molecular weight excluding hydrogens is 458 g/mol. The first-order valence-corrected chi connectivity index (χ1v) is 12.2.